The number of carbonyl (C=O) groups excluding carboxylic acids is 2. The first-order valence-corrected chi connectivity index (χ1v) is 12.0. The maximum absolute atomic E-state index is 13.9. The maximum atomic E-state index is 13.9. The van der Waals surface area contributed by atoms with Gasteiger partial charge in [-0.3, -0.25) is 9.59 Å². The Balaban J connectivity index is 1.76. The molecule has 0 heterocycles. The van der Waals surface area contributed by atoms with Gasteiger partial charge < -0.3 is 5.32 Å². The molecule has 3 nitrogen and oxygen atoms in total. The molecule has 0 aliphatic heterocycles. The van der Waals surface area contributed by atoms with Gasteiger partial charge in [0, 0.05) is 16.5 Å². The van der Waals surface area contributed by atoms with Gasteiger partial charge in [0.15, 0.2) is 5.78 Å². The lowest BCUT2D eigenvalue weighted by molar-refractivity contribution is -0.141. The predicted molar refractivity (Wildman–Crippen MR) is 128 cm³/mol. The van der Waals surface area contributed by atoms with Crippen LogP contribution >= 0.6 is 15.9 Å². The van der Waals surface area contributed by atoms with E-state index in [1.165, 1.54) is 38.1 Å². The minimum atomic E-state index is -4.63. The molecule has 1 unspecified atom stereocenters. The van der Waals surface area contributed by atoms with Gasteiger partial charge in [0.25, 0.3) is 0 Å². The topological polar surface area (TPSA) is 46.2 Å². The van der Waals surface area contributed by atoms with Crippen molar-refractivity contribution in [2.24, 2.45) is 5.41 Å². The molecule has 2 aromatic rings. The number of Topliss-reactive ketones (excluding diaryl/α,β-unsaturated/α-hetero) is 1. The fourth-order valence-corrected chi connectivity index (χ4v) is 4.66. The summed E-state index contributed by atoms with van der Waals surface area (Å²) in [5, 5.41) is 1.82. The van der Waals surface area contributed by atoms with E-state index in [0.29, 0.717) is 5.56 Å². The fraction of sp³-hybridized carbons (Fsp3) is 0.385. The highest BCUT2D eigenvalue weighted by molar-refractivity contribution is 9.10. The first-order valence-electron chi connectivity index (χ1n) is 11.2. The number of hydrogen-bond donors (Lipinski definition) is 1. The minimum absolute atomic E-state index is 0.101. The van der Waals surface area contributed by atoms with Crippen molar-refractivity contribution in [1.82, 2.24) is 5.32 Å². The Morgan fingerprint density at radius 3 is 2.14 bits per heavy atom. The first-order chi connectivity index (χ1) is 17.0. The van der Waals surface area contributed by atoms with Crippen LogP contribution in [0.2, 0.25) is 0 Å². The number of benzene rings is 2. The Kier molecular flexibility index (Phi) is 8.26. The van der Waals surface area contributed by atoms with Crippen LogP contribution in [0.5, 0.6) is 0 Å². The van der Waals surface area contributed by atoms with E-state index in [9.17, 15) is 40.3 Å². The summed E-state index contributed by atoms with van der Waals surface area (Å²) < 4.78 is 92.7. The number of halogens is 8. The molecule has 1 aliphatic carbocycles. The van der Waals surface area contributed by atoms with E-state index in [-0.39, 0.29) is 46.0 Å². The number of aryl methyl sites for hydroxylation is 2. The molecule has 200 valence electrons. The van der Waals surface area contributed by atoms with Crippen molar-refractivity contribution < 1.29 is 40.3 Å². The zero-order valence-electron chi connectivity index (χ0n) is 19.8. The van der Waals surface area contributed by atoms with E-state index in [0.717, 1.165) is 18.2 Å². The average molecular weight is 594 g/mol. The van der Waals surface area contributed by atoms with Crippen LogP contribution in [0.4, 0.5) is 30.7 Å². The summed E-state index contributed by atoms with van der Waals surface area (Å²) in [6.45, 7) is 1.30. The van der Waals surface area contributed by atoms with E-state index in [1.54, 1.807) is 0 Å². The van der Waals surface area contributed by atoms with Crippen molar-refractivity contribution in [3.63, 3.8) is 0 Å². The Morgan fingerprint density at radius 1 is 1.05 bits per heavy atom. The number of allylic oxidation sites excluding steroid dienone is 1. The van der Waals surface area contributed by atoms with Crippen molar-refractivity contribution >= 4 is 33.7 Å². The van der Waals surface area contributed by atoms with Gasteiger partial charge in [0.05, 0.1) is 11.3 Å². The third-order valence-electron chi connectivity index (χ3n) is 6.23. The fourth-order valence-electron chi connectivity index (χ4n) is 4.04. The monoisotopic (exact) mass is 593 g/mol. The highest BCUT2D eigenvalue weighted by Crippen LogP contribution is 2.50. The van der Waals surface area contributed by atoms with E-state index in [2.05, 4.69) is 15.9 Å². The van der Waals surface area contributed by atoms with Gasteiger partial charge in [-0.05, 0) is 61.1 Å². The second-order valence-electron chi connectivity index (χ2n) is 9.26. The quantitative estimate of drug-likeness (QED) is 0.253. The number of carbonyl (C=O) groups is 2. The number of rotatable bonds is 8. The zero-order chi connectivity index (χ0) is 27.8. The zero-order valence-corrected chi connectivity index (χ0v) is 21.4. The molecule has 0 spiro atoms. The van der Waals surface area contributed by atoms with Crippen LogP contribution in [0, 0.1) is 25.1 Å². The van der Waals surface area contributed by atoms with Crippen LogP contribution in [0.15, 0.2) is 40.9 Å². The molecule has 0 aromatic heterocycles. The molecule has 0 radical (unpaired) electrons. The summed E-state index contributed by atoms with van der Waals surface area (Å²) in [6, 6.07) is 6.54. The summed E-state index contributed by atoms with van der Waals surface area (Å²) in [6.07, 6.45) is -6.75. The minimum Gasteiger partial charge on any atom is -0.346 e. The Bertz CT molecular complexity index is 1210. The van der Waals surface area contributed by atoms with Crippen LogP contribution < -0.4 is 5.32 Å². The van der Waals surface area contributed by atoms with Crippen molar-refractivity contribution in [3.8, 4) is 0 Å². The van der Waals surface area contributed by atoms with E-state index < -0.39 is 47.7 Å². The van der Waals surface area contributed by atoms with Crippen molar-refractivity contribution in [2.75, 3.05) is 6.54 Å². The van der Waals surface area contributed by atoms with Gasteiger partial charge in [-0.15, -0.1) is 0 Å². The summed E-state index contributed by atoms with van der Waals surface area (Å²) in [4.78, 5) is 25.0. The Hall–Kier alpha value is -2.69. The van der Waals surface area contributed by atoms with Gasteiger partial charge in [0.1, 0.15) is 12.4 Å². The highest BCUT2D eigenvalue weighted by Gasteiger charge is 2.51. The predicted octanol–water partition coefficient (Wildman–Crippen LogP) is 7.60. The lowest BCUT2D eigenvalue weighted by Crippen LogP contribution is -2.39. The van der Waals surface area contributed by atoms with Gasteiger partial charge in [-0.1, -0.05) is 46.3 Å². The van der Waals surface area contributed by atoms with Crippen molar-refractivity contribution in [3.05, 3.63) is 74.5 Å². The molecule has 1 atom stereocenters. The molecule has 1 aliphatic rings. The normalized spacial score (nSPS) is 16.1. The molecule has 11 heteroatoms. The van der Waals surface area contributed by atoms with Gasteiger partial charge in [0.2, 0.25) is 5.91 Å². The number of alkyl halides is 6. The smallest absolute Gasteiger partial charge is 0.346 e. The van der Waals surface area contributed by atoms with Crippen LogP contribution in [0.1, 0.15) is 57.8 Å². The van der Waals surface area contributed by atoms with Crippen LogP contribution in [0.3, 0.4) is 0 Å². The van der Waals surface area contributed by atoms with Gasteiger partial charge >= 0.3 is 12.4 Å². The average Bonchev–Trinajstić information content (AvgIpc) is 3.55. The molecule has 1 amide bonds. The number of hydrogen-bond acceptors (Lipinski definition) is 2. The van der Waals surface area contributed by atoms with E-state index in [4.69, 9.17) is 0 Å². The third-order valence-corrected chi connectivity index (χ3v) is 6.88. The second kappa shape index (κ2) is 10.6. The molecule has 0 saturated heterocycles. The van der Waals surface area contributed by atoms with Gasteiger partial charge in [-0.2, -0.15) is 26.3 Å². The maximum Gasteiger partial charge on any atom is 0.405 e. The largest absolute Gasteiger partial charge is 0.405 e. The Labute approximate surface area is 217 Å². The molecule has 2 aromatic carbocycles. The molecular weight excluding hydrogens is 571 g/mol. The van der Waals surface area contributed by atoms with Crippen LogP contribution in [-0.2, 0) is 4.79 Å². The number of nitrogens with one attached hydrogen (secondary N) is 1. The van der Waals surface area contributed by atoms with E-state index in [1.807, 2.05) is 5.32 Å². The lowest BCUT2D eigenvalue weighted by Gasteiger charge is -2.19. The first kappa shape index (κ1) is 28.9. The summed E-state index contributed by atoms with van der Waals surface area (Å²) >= 11 is 3.22. The van der Waals surface area contributed by atoms with Gasteiger partial charge in [-0.25, -0.2) is 4.39 Å². The number of amides is 1. The third kappa shape index (κ3) is 7.21. The van der Waals surface area contributed by atoms with Crippen molar-refractivity contribution in [1.29, 1.82) is 0 Å². The summed E-state index contributed by atoms with van der Waals surface area (Å²) in [5.41, 5.74) is -0.593. The molecule has 37 heavy (non-hydrogen) atoms. The SMILES string of the molecule is Cc1cc(C(/C=C/c2ccc(C(=O)CC3(C(=O)NCC(F)(F)F)CC3)c(Br)c2)C(F)(F)F)cc(C)c1F. The summed E-state index contributed by atoms with van der Waals surface area (Å²) in [5.74, 6) is -3.87. The molecular formula is C26H23BrF7NO2. The number of ketones is 1. The second-order valence-corrected chi connectivity index (χ2v) is 10.1. The standard InChI is InChI=1S/C26H23BrF7NO2/c1-14-9-17(10-15(2)22(14)28)19(26(32,33)34)6-4-16-3-5-18(20(27)11-16)21(36)12-24(7-8-24)23(37)35-13-25(29,30)31/h3-6,9-11,19H,7-8,12-13H2,1-2H3,(H,35,37)/b6-4+. The van der Waals surface area contributed by atoms with Crippen LogP contribution in [0.25, 0.3) is 6.08 Å². The molecule has 3 rings (SSSR count). The van der Waals surface area contributed by atoms with E-state index >= 15 is 0 Å². The molecule has 1 N–H and O–H groups in total. The summed E-state index contributed by atoms with van der Waals surface area (Å²) in [7, 11) is 0. The lowest BCUT2D eigenvalue weighted by atomic mass is 9.93. The van der Waals surface area contributed by atoms with Crippen LogP contribution in [-0.4, -0.2) is 30.6 Å². The highest BCUT2D eigenvalue weighted by atomic mass is 79.9. The molecule has 1 saturated carbocycles. The molecule has 1 fully saturated rings. The van der Waals surface area contributed by atoms with Crippen molar-refractivity contribution in [2.45, 2.75) is 51.4 Å². The molecule has 0 bridgehead atoms. The Morgan fingerprint density at radius 2 is 1.65 bits per heavy atom.